The van der Waals surface area contributed by atoms with E-state index in [9.17, 15) is 14.7 Å². The van der Waals surface area contributed by atoms with Crippen LogP contribution in [0.25, 0.3) is 0 Å². The highest BCUT2D eigenvalue weighted by Crippen LogP contribution is 2.23. The normalized spacial score (nSPS) is 25.1. The lowest BCUT2D eigenvalue weighted by Crippen LogP contribution is -2.54. The molecule has 1 atom stereocenters. The van der Waals surface area contributed by atoms with E-state index < -0.39 is 11.7 Å². The first kappa shape index (κ1) is 16.1. The lowest BCUT2D eigenvalue weighted by molar-refractivity contribution is -0.147. The number of amides is 2. The second-order valence-corrected chi connectivity index (χ2v) is 6.89. The molecule has 2 rings (SSSR count). The van der Waals surface area contributed by atoms with Gasteiger partial charge >= 0.3 is 6.09 Å². The average molecular weight is 298 g/mol. The highest BCUT2D eigenvalue weighted by Gasteiger charge is 2.35. The highest BCUT2D eigenvalue weighted by atomic mass is 16.6. The van der Waals surface area contributed by atoms with E-state index in [0.717, 1.165) is 19.3 Å². The Bertz CT molecular complexity index is 397. The Morgan fingerprint density at radius 2 is 1.81 bits per heavy atom. The zero-order valence-electron chi connectivity index (χ0n) is 13.2. The summed E-state index contributed by atoms with van der Waals surface area (Å²) >= 11 is 0. The summed E-state index contributed by atoms with van der Waals surface area (Å²) in [5.74, 6) is -0.156. The van der Waals surface area contributed by atoms with Crippen molar-refractivity contribution in [3.05, 3.63) is 0 Å². The third kappa shape index (κ3) is 4.09. The number of aliphatic hydroxyl groups excluding tert-OH is 1. The molecule has 0 aromatic rings. The first-order valence-corrected chi connectivity index (χ1v) is 7.74. The largest absolute Gasteiger partial charge is 0.444 e. The molecule has 2 fully saturated rings. The molecule has 0 aromatic carbocycles. The van der Waals surface area contributed by atoms with Gasteiger partial charge in [0.15, 0.2) is 0 Å². The molecule has 2 heterocycles. The van der Waals surface area contributed by atoms with Gasteiger partial charge in [-0.05, 0) is 46.5 Å². The van der Waals surface area contributed by atoms with Crippen LogP contribution in [0.15, 0.2) is 0 Å². The number of ether oxygens (including phenoxy) is 1. The maximum atomic E-state index is 12.0. The number of rotatable bonds is 1. The Morgan fingerprint density at radius 1 is 1.19 bits per heavy atom. The van der Waals surface area contributed by atoms with Gasteiger partial charge in [0.25, 0.3) is 5.91 Å². The number of carbonyl (C=O) groups is 2. The Labute approximate surface area is 126 Å². The Balaban J connectivity index is 1.85. The Kier molecular flexibility index (Phi) is 4.76. The van der Waals surface area contributed by atoms with Crippen molar-refractivity contribution in [3.8, 4) is 0 Å². The molecule has 0 radical (unpaired) electrons. The maximum Gasteiger partial charge on any atom is 0.410 e. The number of piperidine rings is 2. The van der Waals surface area contributed by atoms with Crippen molar-refractivity contribution >= 4 is 12.0 Å². The van der Waals surface area contributed by atoms with Crippen molar-refractivity contribution in [3.63, 3.8) is 0 Å². The number of hydrogen-bond acceptors (Lipinski definition) is 4. The van der Waals surface area contributed by atoms with Crippen LogP contribution in [0.4, 0.5) is 4.79 Å². The molecular formula is C15H26N2O4. The van der Waals surface area contributed by atoms with Gasteiger partial charge in [-0.3, -0.25) is 4.79 Å². The molecule has 21 heavy (non-hydrogen) atoms. The average Bonchev–Trinajstić information content (AvgIpc) is 2.40. The minimum atomic E-state index is -0.845. The topological polar surface area (TPSA) is 70.1 Å². The van der Waals surface area contributed by atoms with Crippen molar-refractivity contribution in [2.45, 2.75) is 64.2 Å². The van der Waals surface area contributed by atoms with Crippen LogP contribution in [0.2, 0.25) is 0 Å². The van der Waals surface area contributed by atoms with Crippen molar-refractivity contribution in [1.82, 2.24) is 9.80 Å². The minimum absolute atomic E-state index is 0.131. The van der Waals surface area contributed by atoms with E-state index in [1.165, 1.54) is 0 Å². The lowest BCUT2D eigenvalue weighted by atomic mass is 9.98. The summed E-state index contributed by atoms with van der Waals surface area (Å²) in [6.07, 6.45) is 1.77. The third-order valence-corrected chi connectivity index (χ3v) is 4.00. The molecule has 2 aliphatic heterocycles. The molecule has 0 aliphatic carbocycles. The van der Waals surface area contributed by atoms with Crippen LogP contribution in [0.3, 0.4) is 0 Å². The first-order chi connectivity index (χ1) is 9.78. The zero-order valence-corrected chi connectivity index (χ0v) is 13.2. The predicted molar refractivity (Wildman–Crippen MR) is 77.8 cm³/mol. The van der Waals surface area contributed by atoms with Crippen LogP contribution in [-0.4, -0.2) is 64.3 Å². The zero-order chi connectivity index (χ0) is 15.6. The molecule has 2 amide bonds. The van der Waals surface area contributed by atoms with Gasteiger partial charge in [-0.2, -0.15) is 0 Å². The van der Waals surface area contributed by atoms with E-state index in [-0.39, 0.29) is 18.0 Å². The second kappa shape index (κ2) is 6.22. The number of hydrogen-bond donors (Lipinski definition) is 1. The summed E-state index contributed by atoms with van der Waals surface area (Å²) in [4.78, 5) is 27.5. The smallest absolute Gasteiger partial charge is 0.410 e. The van der Waals surface area contributed by atoms with Crippen molar-refractivity contribution in [2.24, 2.45) is 0 Å². The molecule has 1 unspecified atom stereocenters. The SMILES string of the molecule is CC(C)(C)OC(=O)N1CCC(N2CCCC(O)C2=O)CC1. The van der Waals surface area contributed by atoms with E-state index >= 15 is 0 Å². The summed E-state index contributed by atoms with van der Waals surface area (Å²) in [5, 5.41) is 9.67. The van der Waals surface area contributed by atoms with Crippen LogP contribution >= 0.6 is 0 Å². The second-order valence-electron chi connectivity index (χ2n) is 6.89. The quantitative estimate of drug-likeness (QED) is 0.794. The molecule has 0 spiro atoms. The number of aliphatic hydroxyl groups is 1. The number of nitrogens with zero attached hydrogens (tertiary/aromatic N) is 2. The lowest BCUT2D eigenvalue weighted by Gasteiger charge is -2.41. The molecular weight excluding hydrogens is 272 g/mol. The van der Waals surface area contributed by atoms with Crippen LogP contribution in [0.1, 0.15) is 46.5 Å². The maximum absolute atomic E-state index is 12.0. The Hall–Kier alpha value is -1.30. The summed E-state index contributed by atoms with van der Waals surface area (Å²) in [6, 6.07) is 0.131. The van der Waals surface area contributed by atoms with Crippen LogP contribution in [-0.2, 0) is 9.53 Å². The van der Waals surface area contributed by atoms with Gasteiger partial charge in [-0.15, -0.1) is 0 Å². The molecule has 0 aromatic heterocycles. The van der Waals surface area contributed by atoms with Crippen molar-refractivity contribution in [2.75, 3.05) is 19.6 Å². The molecule has 0 saturated carbocycles. The summed E-state index contributed by atoms with van der Waals surface area (Å²) in [5.41, 5.74) is -0.485. The Morgan fingerprint density at radius 3 is 2.38 bits per heavy atom. The van der Waals surface area contributed by atoms with E-state index in [0.29, 0.717) is 26.1 Å². The standard InChI is InChI=1S/C15H26N2O4/c1-15(2,3)21-14(20)16-9-6-11(7-10-16)17-8-4-5-12(18)13(17)19/h11-12,18H,4-10H2,1-3H3. The van der Waals surface area contributed by atoms with Gasteiger partial charge < -0.3 is 19.6 Å². The molecule has 2 saturated heterocycles. The van der Waals surface area contributed by atoms with Gasteiger partial charge in [0.05, 0.1) is 0 Å². The third-order valence-electron chi connectivity index (χ3n) is 4.00. The van der Waals surface area contributed by atoms with Gasteiger partial charge in [-0.1, -0.05) is 0 Å². The van der Waals surface area contributed by atoms with E-state index in [2.05, 4.69) is 0 Å². The number of carbonyl (C=O) groups excluding carboxylic acids is 2. The fraction of sp³-hybridized carbons (Fsp3) is 0.867. The minimum Gasteiger partial charge on any atom is -0.444 e. The van der Waals surface area contributed by atoms with Crippen molar-refractivity contribution < 1.29 is 19.4 Å². The molecule has 120 valence electrons. The fourth-order valence-electron chi connectivity index (χ4n) is 2.93. The molecule has 0 bridgehead atoms. The fourth-order valence-corrected chi connectivity index (χ4v) is 2.93. The van der Waals surface area contributed by atoms with Crippen LogP contribution in [0.5, 0.6) is 0 Å². The molecule has 1 N–H and O–H groups in total. The van der Waals surface area contributed by atoms with E-state index in [1.807, 2.05) is 20.8 Å². The van der Waals surface area contributed by atoms with E-state index in [1.54, 1.807) is 9.80 Å². The van der Waals surface area contributed by atoms with Crippen LogP contribution in [0, 0.1) is 0 Å². The molecule has 6 nitrogen and oxygen atoms in total. The summed E-state index contributed by atoms with van der Waals surface area (Å²) in [7, 11) is 0. The number of likely N-dealkylation sites (tertiary alicyclic amines) is 2. The monoisotopic (exact) mass is 298 g/mol. The van der Waals surface area contributed by atoms with Crippen LogP contribution < -0.4 is 0 Å². The summed E-state index contributed by atoms with van der Waals surface area (Å²) < 4.78 is 5.36. The van der Waals surface area contributed by atoms with Gasteiger partial charge in [0.1, 0.15) is 11.7 Å². The first-order valence-electron chi connectivity index (χ1n) is 7.74. The predicted octanol–water partition coefficient (Wildman–Crippen LogP) is 1.37. The molecule has 2 aliphatic rings. The highest BCUT2D eigenvalue weighted by molar-refractivity contribution is 5.81. The summed E-state index contributed by atoms with van der Waals surface area (Å²) in [6.45, 7) is 7.47. The van der Waals surface area contributed by atoms with Gasteiger partial charge in [0, 0.05) is 25.7 Å². The van der Waals surface area contributed by atoms with E-state index in [4.69, 9.17) is 4.74 Å². The molecule has 6 heteroatoms. The van der Waals surface area contributed by atoms with Crippen molar-refractivity contribution in [1.29, 1.82) is 0 Å². The van der Waals surface area contributed by atoms with Gasteiger partial charge in [-0.25, -0.2) is 4.79 Å². The van der Waals surface area contributed by atoms with Gasteiger partial charge in [0.2, 0.25) is 0 Å².